The third-order valence-electron chi connectivity index (χ3n) is 6.17. The van der Waals surface area contributed by atoms with E-state index in [9.17, 15) is 14.9 Å². The molecule has 34 heavy (non-hydrogen) atoms. The van der Waals surface area contributed by atoms with Crippen LogP contribution in [-0.4, -0.2) is 19.9 Å². The van der Waals surface area contributed by atoms with Gasteiger partial charge in [0, 0.05) is 18.3 Å². The van der Waals surface area contributed by atoms with Gasteiger partial charge in [0.05, 0.1) is 10.9 Å². The highest BCUT2D eigenvalue weighted by molar-refractivity contribution is 5.95. The zero-order chi connectivity index (χ0) is 24.4. The van der Waals surface area contributed by atoms with Crippen LogP contribution in [0, 0.1) is 32.1 Å². The Morgan fingerprint density at radius 2 is 1.85 bits per heavy atom. The lowest BCUT2D eigenvalue weighted by molar-refractivity contribution is 0.0997. The van der Waals surface area contributed by atoms with Crippen LogP contribution >= 0.6 is 0 Å². The molecule has 4 rings (SSSR count). The van der Waals surface area contributed by atoms with Crippen molar-refractivity contribution in [2.24, 2.45) is 4.99 Å². The van der Waals surface area contributed by atoms with E-state index in [1.807, 2.05) is 32.9 Å². The monoisotopic (exact) mass is 453 g/mol. The Kier molecular flexibility index (Phi) is 6.42. The molecule has 1 amide bonds. The maximum atomic E-state index is 13.3. The smallest absolute Gasteiger partial charge is 0.279 e. The van der Waals surface area contributed by atoms with Crippen LogP contribution in [0.4, 0.5) is 0 Å². The van der Waals surface area contributed by atoms with Gasteiger partial charge in [-0.25, -0.2) is 4.98 Å². The molecular weight excluding hydrogens is 426 g/mol. The number of carbonyl (C=O) groups excluding carboxylic acids is 1. The van der Waals surface area contributed by atoms with E-state index in [1.165, 1.54) is 10.5 Å². The Hall–Kier alpha value is -4.05. The highest BCUT2D eigenvalue weighted by Gasteiger charge is 2.16. The molecule has 0 aliphatic carbocycles. The van der Waals surface area contributed by atoms with Crippen molar-refractivity contribution >= 4 is 22.6 Å². The normalized spacial score (nSPS) is 11.8. The van der Waals surface area contributed by atoms with Crippen molar-refractivity contribution in [2.75, 3.05) is 0 Å². The van der Waals surface area contributed by atoms with E-state index >= 15 is 0 Å². The van der Waals surface area contributed by atoms with E-state index in [-0.39, 0.29) is 16.6 Å². The highest BCUT2D eigenvalue weighted by atomic mass is 16.1. The van der Waals surface area contributed by atoms with Crippen LogP contribution in [0.15, 0.2) is 52.4 Å². The fourth-order valence-electron chi connectivity index (χ4n) is 4.06. The first-order chi connectivity index (χ1) is 16.3. The number of aryl methyl sites for hydroxylation is 4. The fraction of sp³-hybridized carbons (Fsp3) is 0.296. The quantitative estimate of drug-likeness (QED) is 0.331. The summed E-state index contributed by atoms with van der Waals surface area (Å²) in [6.07, 6.45) is 4.44. The van der Waals surface area contributed by atoms with Gasteiger partial charge in [-0.2, -0.15) is 10.3 Å². The summed E-state index contributed by atoms with van der Waals surface area (Å²) in [6.45, 7) is 8.42. The number of unbranched alkanes of at least 4 members (excludes halogenated alkanes) is 2. The Morgan fingerprint density at radius 3 is 2.56 bits per heavy atom. The van der Waals surface area contributed by atoms with Gasteiger partial charge in [-0.1, -0.05) is 31.9 Å². The number of carbonyl (C=O) groups is 1. The number of hydrogen-bond acceptors (Lipinski definition) is 4. The van der Waals surface area contributed by atoms with E-state index < -0.39 is 5.91 Å². The van der Waals surface area contributed by atoms with Crippen molar-refractivity contribution in [2.45, 2.75) is 53.5 Å². The highest BCUT2D eigenvalue weighted by Crippen LogP contribution is 2.15. The minimum Gasteiger partial charge on any atom is -0.309 e. The molecular formula is C27H27N5O2. The van der Waals surface area contributed by atoms with Gasteiger partial charge in [-0.3, -0.25) is 14.0 Å². The van der Waals surface area contributed by atoms with Crippen LogP contribution in [0.1, 0.15) is 58.8 Å². The first-order valence-electron chi connectivity index (χ1n) is 11.5. The molecule has 0 radical (unpaired) electrons. The van der Waals surface area contributed by atoms with Gasteiger partial charge in [0.25, 0.3) is 11.5 Å². The number of amides is 1. The number of rotatable bonds is 5. The van der Waals surface area contributed by atoms with Crippen LogP contribution in [0.5, 0.6) is 0 Å². The molecule has 0 spiro atoms. The van der Waals surface area contributed by atoms with Gasteiger partial charge in [0.1, 0.15) is 17.4 Å². The molecule has 1 aromatic carbocycles. The average molecular weight is 454 g/mol. The third-order valence-corrected chi connectivity index (χ3v) is 6.17. The van der Waals surface area contributed by atoms with E-state index in [0.29, 0.717) is 28.8 Å². The molecule has 0 unspecified atom stereocenters. The Labute approximate surface area is 197 Å². The Morgan fingerprint density at radius 1 is 1.06 bits per heavy atom. The number of fused-ring (bicyclic) bond motifs is 2. The molecule has 0 N–H and O–H groups in total. The van der Waals surface area contributed by atoms with Crippen molar-refractivity contribution in [3.05, 3.63) is 86.3 Å². The van der Waals surface area contributed by atoms with Crippen molar-refractivity contribution in [3.63, 3.8) is 0 Å². The molecule has 3 aromatic heterocycles. The molecule has 0 saturated carbocycles. The number of aromatic nitrogens is 3. The standard InChI is InChI=1S/C27H27N5O2/c1-5-6-7-12-31-24(30-26(33)20-11-10-17(2)19(4)14-20)21(16-28)15-22-25(31)29-23-18(3)9-8-13-32(23)27(22)34/h8-11,13-15H,5-7,12H2,1-4H3. The second kappa shape index (κ2) is 9.44. The lowest BCUT2D eigenvalue weighted by Gasteiger charge is -2.14. The van der Waals surface area contributed by atoms with E-state index in [2.05, 4.69) is 18.0 Å². The molecule has 0 aliphatic heterocycles. The summed E-state index contributed by atoms with van der Waals surface area (Å²) in [5.74, 6) is -0.433. The van der Waals surface area contributed by atoms with Crippen LogP contribution in [0.25, 0.3) is 16.7 Å². The van der Waals surface area contributed by atoms with Gasteiger partial charge >= 0.3 is 0 Å². The van der Waals surface area contributed by atoms with Crippen molar-refractivity contribution in [1.82, 2.24) is 14.0 Å². The van der Waals surface area contributed by atoms with Gasteiger partial charge in [0.2, 0.25) is 0 Å². The summed E-state index contributed by atoms with van der Waals surface area (Å²) in [4.78, 5) is 35.6. The maximum absolute atomic E-state index is 13.3. The summed E-state index contributed by atoms with van der Waals surface area (Å²) < 4.78 is 3.25. The van der Waals surface area contributed by atoms with E-state index in [0.717, 1.165) is 36.0 Å². The van der Waals surface area contributed by atoms with Crippen LogP contribution < -0.4 is 11.0 Å². The second-order valence-electron chi connectivity index (χ2n) is 8.61. The lowest BCUT2D eigenvalue weighted by atomic mass is 10.1. The summed E-state index contributed by atoms with van der Waals surface area (Å²) in [7, 11) is 0. The van der Waals surface area contributed by atoms with Crippen LogP contribution in [0.3, 0.4) is 0 Å². The van der Waals surface area contributed by atoms with Crippen molar-refractivity contribution in [1.29, 1.82) is 5.26 Å². The molecule has 0 saturated heterocycles. The van der Waals surface area contributed by atoms with Crippen LogP contribution in [0.2, 0.25) is 0 Å². The van der Waals surface area contributed by atoms with Crippen molar-refractivity contribution < 1.29 is 4.79 Å². The molecule has 0 fully saturated rings. The molecule has 4 aromatic rings. The molecule has 172 valence electrons. The van der Waals surface area contributed by atoms with E-state index in [4.69, 9.17) is 4.98 Å². The third kappa shape index (κ3) is 4.15. The predicted octanol–water partition coefficient (Wildman–Crippen LogP) is 4.38. The minimum atomic E-state index is -0.433. The largest absolute Gasteiger partial charge is 0.309 e. The molecule has 0 aliphatic rings. The predicted molar refractivity (Wildman–Crippen MR) is 132 cm³/mol. The molecule has 0 bridgehead atoms. The Bertz CT molecular complexity index is 1600. The summed E-state index contributed by atoms with van der Waals surface area (Å²) in [5, 5.41) is 10.2. The topological polar surface area (TPSA) is 92.5 Å². The zero-order valence-electron chi connectivity index (χ0n) is 19.9. The summed E-state index contributed by atoms with van der Waals surface area (Å²) >= 11 is 0. The summed E-state index contributed by atoms with van der Waals surface area (Å²) in [5.41, 5.74) is 4.52. The van der Waals surface area contributed by atoms with Crippen LogP contribution in [-0.2, 0) is 6.54 Å². The average Bonchev–Trinajstić information content (AvgIpc) is 2.82. The zero-order valence-corrected chi connectivity index (χ0v) is 19.9. The SMILES string of the molecule is CCCCCn1c(=NC(=O)c2ccc(C)c(C)c2)c(C#N)cc2c(=O)n3cccc(C)c3nc21. The Balaban J connectivity index is 2.06. The van der Waals surface area contributed by atoms with E-state index in [1.54, 1.807) is 29.0 Å². The molecule has 7 heteroatoms. The van der Waals surface area contributed by atoms with Gasteiger partial charge in [-0.15, -0.1) is 0 Å². The lowest BCUT2D eigenvalue weighted by Crippen LogP contribution is -2.29. The molecule has 7 nitrogen and oxygen atoms in total. The fourth-order valence-corrected chi connectivity index (χ4v) is 4.06. The number of benzene rings is 1. The minimum absolute atomic E-state index is 0.174. The number of pyridine rings is 2. The van der Waals surface area contributed by atoms with Gasteiger partial charge in [-0.05, 0) is 68.1 Å². The van der Waals surface area contributed by atoms with Gasteiger partial charge < -0.3 is 4.57 Å². The number of hydrogen-bond donors (Lipinski definition) is 0. The second-order valence-corrected chi connectivity index (χ2v) is 8.61. The number of nitrogens with zero attached hydrogens (tertiary/aromatic N) is 5. The maximum Gasteiger partial charge on any atom is 0.279 e. The molecule has 0 atom stereocenters. The first-order valence-corrected chi connectivity index (χ1v) is 11.5. The molecule has 3 heterocycles. The summed E-state index contributed by atoms with van der Waals surface area (Å²) in [6, 6.07) is 12.8. The number of nitriles is 1. The van der Waals surface area contributed by atoms with Gasteiger partial charge in [0.15, 0.2) is 5.49 Å². The van der Waals surface area contributed by atoms with Crippen molar-refractivity contribution in [3.8, 4) is 6.07 Å². The first kappa shape index (κ1) is 23.1.